The van der Waals surface area contributed by atoms with Crippen molar-refractivity contribution >= 4 is 27.3 Å². The number of anilines is 1. The van der Waals surface area contributed by atoms with Crippen LogP contribution in [0.4, 0.5) is 20.2 Å². The fourth-order valence-electron chi connectivity index (χ4n) is 1.89. The predicted molar refractivity (Wildman–Crippen MR) is 79.2 cm³/mol. The second kappa shape index (κ2) is 6.17. The van der Waals surface area contributed by atoms with Crippen molar-refractivity contribution in [3.63, 3.8) is 0 Å². The summed E-state index contributed by atoms with van der Waals surface area (Å²) in [6.45, 7) is 1.64. The van der Waals surface area contributed by atoms with Crippen molar-refractivity contribution in [2.45, 2.75) is 13.0 Å². The zero-order valence-corrected chi connectivity index (χ0v) is 12.5. The molecule has 2 rings (SSSR count). The lowest BCUT2D eigenvalue weighted by atomic mass is 10.1. The van der Waals surface area contributed by atoms with Gasteiger partial charge in [-0.1, -0.05) is 15.9 Å². The maximum Gasteiger partial charge on any atom is 0.271 e. The molecule has 1 N–H and O–H groups in total. The lowest BCUT2D eigenvalue weighted by Gasteiger charge is -2.17. The number of nitro benzene ring substituents is 1. The molecule has 0 aliphatic carbocycles. The second-order valence-electron chi connectivity index (χ2n) is 4.45. The first kappa shape index (κ1) is 15.4. The average Bonchev–Trinajstić information content (AvgIpc) is 2.43. The van der Waals surface area contributed by atoms with Gasteiger partial charge in [0.2, 0.25) is 0 Å². The van der Waals surface area contributed by atoms with Crippen LogP contribution in [0, 0.1) is 21.7 Å². The summed E-state index contributed by atoms with van der Waals surface area (Å²) in [5, 5.41) is 13.5. The summed E-state index contributed by atoms with van der Waals surface area (Å²) in [6.07, 6.45) is 0. The third-order valence-corrected chi connectivity index (χ3v) is 3.45. The molecular formula is C14H11BrF2N2O2. The molecule has 110 valence electrons. The maximum absolute atomic E-state index is 13.8. The summed E-state index contributed by atoms with van der Waals surface area (Å²) in [5.74, 6) is -1.08. The van der Waals surface area contributed by atoms with E-state index in [1.54, 1.807) is 19.1 Å². The van der Waals surface area contributed by atoms with E-state index in [1.165, 1.54) is 6.07 Å². The van der Waals surface area contributed by atoms with E-state index in [0.29, 0.717) is 10.0 Å². The zero-order valence-electron chi connectivity index (χ0n) is 10.9. The molecule has 0 fully saturated rings. The van der Waals surface area contributed by atoms with Crippen LogP contribution < -0.4 is 5.32 Å². The van der Waals surface area contributed by atoms with Gasteiger partial charge in [0.05, 0.1) is 16.7 Å². The highest BCUT2D eigenvalue weighted by Gasteiger charge is 2.16. The Balaban J connectivity index is 2.31. The van der Waals surface area contributed by atoms with Gasteiger partial charge in [0.25, 0.3) is 5.69 Å². The van der Waals surface area contributed by atoms with Crippen molar-refractivity contribution < 1.29 is 13.7 Å². The van der Waals surface area contributed by atoms with Crippen molar-refractivity contribution in [3.05, 3.63) is 68.2 Å². The molecule has 21 heavy (non-hydrogen) atoms. The van der Waals surface area contributed by atoms with Crippen molar-refractivity contribution in [2.75, 3.05) is 5.32 Å². The van der Waals surface area contributed by atoms with Crippen LogP contribution >= 0.6 is 15.9 Å². The summed E-state index contributed by atoms with van der Waals surface area (Å²) >= 11 is 3.24. The first-order chi connectivity index (χ1) is 9.88. The fraction of sp³-hybridized carbons (Fsp3) is 0.143. The van der Waals surface area contributed by atoms with E-state index in [1.807, 2.05) is 0 Å². The maximum atomic E-state index is 13.8. The molecule has 4 nitrogen and oxygen atoms in total. The summed E-state index contributed by atoms with van der Waals surface area (Å²) in [4.78, 5) is 10.1. The average molecular weight is 357 g/mol. The lowest BCUT2D eigenvalue weighted by molar-refractivity contribution is -0.384. The minimum Gasteiger partial charge on any atom is -0.376 e. The number of nitrogens with zero attached hydrogens (tertiary/aromatic N) is 1. The second-order valence-corrected chi connectivity index (χ2v) is 5.37. The molecule has 0 saturated carbocycles. The van der Waals surface area contributed by atoms with Gasteiger partial charge in [0, 0.05) is 22.2 Å². The molecule has 0 spiro atoms. The normalized spacial score (nSPS) is 12.0. The van der Waals surface area contributed by atoms with Crippen LogP contribution in [0.3, 0.4) is 0 Å². The molecule has 0 aliphatic rings. The van der Waals surface area contributed by atoms with E-state index in [0.717, 1.165) is 18.2 Å². The molecule has 2 aromatic rings. The standard InChI is InChI=1S/C14H11BrF2N2O2/c1-8(11-6-9(15)2-4-12(11)16)18-14-7-10(19(20)21)3-5-13(14)17/h2-8,18H,1H3. The number of benzene rings is 2. The number of halogens is 3. The van der Waals surface area contributed by atoms with Gasteiger partial charge in [-0.05, 0) is 31.2 Å². The SMILES string of the molecule is CC(Nc1cc([N+](=O)[O-])ccc1F)c1cc(Br)ccc1F. The van der Waals surface area contributed by atoms with E-state index in [2.05, 4.69) is 21.2 Å². The Morgan fingerprint density at radius 1 is 1.19 bits per heavy atom. The summed E-state index contributed by atoms with van der Waals surface area (Å²) in [7, 11) is 0. The molecular weight excluding hydrogens is 346 g/mol. The first-order valence-corrected chi connectivity index (χ1v) is 6.83. The molecule has 2 aromatic carbocycles. The molecule has 0 saturated heterocycles. The van der Waals surface area contributed by atoms with Crippen molar-refractivity contribution in [1.82, 2.24) is 0 Å². The molecule has 0 heterocycles. The Bertz CT molecular complexity index is 695. The highest BCUT2D eigenvalue weighted by Crippen LogP contribution is 2.28. The van der Waals surface area contributed by atoms with Crippen LogP contribution in [-0.2, 0) is 0 Å². The molecule has 0 aliphatic heterocycles. The first-order valence-electron chi connectivity index (χ1n) is 6.04. The number of hydrogen-bond acceptors (Lipinski definition) is 3. The minimum absolute atomic E-state index is 0.0453. The number of non-ortho nitro benzene ring substituents is 1. The third-order valence-electron chi connectivity index (χ3n) is 2.96. The van der Waals surface area contributed by atoms with Gasteiger partial charge in [-0.3, -0.25) is 10.1 Å². The van der Waals surface area contributed by atoms with Gasteiger partial charge in [-0.25, -0.2) is 8.78 Å². The Morgan fingerprint density at radius 3 is 2.52 bits per heavy atom. The van der Waals surface area contributed by atoms with Crippen LogP contribution in [0.1, 0.15) is 18.5 Å². The van der Waals surface area contributed by atoms with Crippen molar-refractivity contribution in [3.8, 4) is 0 Å². The van der Waals surface area contributed by atoms with Crippen LogP contribution in [0.25, 0.3) is 0 Å². The van der Waals surface area contributed by atoms with E-state index >= 15 is 0 Å². The molecule has 1 atom stereocenters. The Hall–Kier alpha value is -2.02. The van der Waals surface area contributed by atoms with Crippen molar-refractivity contribution in [2.24, 2.45) is 0 Å². The molecule has 1 unspecified atom stereocenters. The predicted octanol–water partition coefficient (Wildman–Crippen LogP) is 4.81. The monoisotopic (exact) mass is 356 g/mol. The lowest BCUT2D eigenvalue weighted by Crippen LogP contribution is -2.10. The molecule has 0 bridgehead atoms. The van der Waals surface area contributed by atoms with Crippen LogP contribution in [0.15, 0.2) is 40.9 Å². The van der Waals surface area contributed by atoms with E-state index in [4.69, 9.17) is 0 Å². The fourth-order valence-corrected chi connectivity index (χ4v) is 2.27. The van der Waals surface area contributed by atoms with Gasteiger partial charge in [-0.2, -0.15) is 0 Å². The Kier molecular flexibility index (Phi) is 4.52. The third kappa shape index (κ3) is 3.55. The van der Waals surface area contributed by atoms with E-state index in [-0.39, 0.29) is 11.4 Å². The highest BCUT2D eigenvalue weighted by atomic mass is 79.9. The summed E-state index contributed by atoms with van der Waals surface area (Å²) < 4.78 is 28.2. The van der Waals surface area contributed by atoms with Crippen LogP contribution in [0.5, 0.6) is 0 Å². The van der Waals surface area contributed by atoms with E-state index < -0.39 is 22.6 Å². The smallest absolute Gasteiger partial charge is 0.271 e. The van der Waals surface area contributed by atoms with Gasteiger partial charge in [0.15, 0.2) is 0 Å². The number of hydrogen-bond donors (Lipinski definition) is 1. The van der Waals surface area contributed by atoms with E-state index in [9.17, 15) is 18.9 Å². The molecule has 0 radical (unpaired) electrons. The van der Waals surface area contributed by atoms with Gasteiger partial charge in [-0.15, -0.1) is 0 Å². The molecule has 0 amide bonds. The summed E-state index contributed by atoms with van der Waals surface area (Å²) in [6, 6.07) is 7.03. The van der Waals surface area contributed by atoms with Crippen LogP contribution in [-0.4, -0.2) is 4.92 Å². The van der Waals surface area contributed by atoms with Crippen molar-refractivity contribution in [1.29, 1.82) is 0 Å². The van der Waals surface area contributed by atoms with Gasteiger partial charge < -0.3 is 5.32 Å². The minimum atomic E-state index is -0.636. The zero-order chi connectivity index (χ0) is 15.6. The quantitative estimate of drug-likeness (QED) is 0.631. The number of nitrogens with one attached hydrogen (secondary N) is 1. The number of nitro groups is 1. The topological polar surface area (TPSA) is 55.2 Å². The summed E-state index contributed by atoms with van der Waals surface area (Å²) in [5.41, 5.74) is 0.0483. The largest absolute Gasteiger partial charge is 0.376 e. The Labute approximate surface area is 128 Å². The highest BCUT2D eigenvalue weighted by molar-refractivity contribution is 9.10. The number of rotatable bonds is 4. The van der Waals surface area contributed by atoms with Gasteiger partial charge >= 0.3 is 0 Å². The van der Waals surface area contributed by atoms with Gasteiger partial charge in [0.1, 0.15) is 11.6 Å². The van der Waals surface area contributed by atoms with Crippen LogP contribution in [0.2, 0.25) is 0 Å². The molecule has 0 aromatic heterocycles. The Morgan fingerprint density at radius 2 is 1.86 bits per heavy atom. The molecule has 7 heteroatoms.